The van der Waals surface area contributed by atoms with Crippen LogP contribution >= 0.6 is 0 Å². The molecule has 8 nitrogen and oxygen atoms in total. The van der Waals surface area contributed by atoms with Gasteiger partial charge in [0, 0.05) is 31.2 Å². The number of sulfonamides is 1. The standard InChI is InChI=1S/C26H34FN3O5S/c1-17-13-30(18(2)16-31)26(32)23-12-21(28-36(33,34)22-9-6-20(27)7-10-22)8-11-24(23)35-25(17)15-29(3)14-19-4-5-19/h6-12,17-19,25,28,31H,4-5,13-16H2,1-3H3/t17-,18+,25-/m0/s1. The summed E-state index contributed by atoms with van der Waals surface area (Å²) in [4.78, 5) is 17.3. The van der Waals surface area contributed by atoms with E-state index < -0.39 is 21.9 Å². The van der Waals surface area contributed by atoms with Gasteiger partial charge in [0.05, 0.1) is 23.1 Å². The zero-order chi connectivity index (χ0) is 26.0. The first kappa shape index (κ1) is 26.4. The molecule has 2 aromatic carbocycles. The first-order valence-electron chi connectivity index (χ1n) is 12.3. The van der Waals surface area contributed by atoms with Crippen molar-refractivity contribution in [3.63, 3.8) is 0 Å². The average molecular weight is 520 g/mol. The fourth-order valence-electron chi connectivity index (χ4n) is 4.45. The maximum atomic E-state index is 13.5. The third-order valence-corrected chi connectivity index (χ3v) is 8.20. The van der Waals surface area contributed by atoms with Crippen molar-refractivity contribution in [3.05, 3.63) is 53.8 Å². The van der Waals surface area contributed by atoms with E-state index in [1.54, 1.807) is 24.0 Å². The number of ether oxygens (including phenoxy) is 1. The molecule has 0 saturated heterocycles. The molecule has 1 amide bonds. The Hall–Kier alpha value is -2.69. The molecule has 36 heavy (non-hydrogen) atoms. The first-order chi connectivity index (χ1) is 17.1. The summed E-state index contributed by atoms with van der Waals surface area (Å²) in [5, 5.41) is 9.82. The molecule has 3 atom stereocenters. The van der Waals surface area contributed by atoms with E-state index in [4.69, 9.17) is 4.74 Å². The number of fused-ring (bicyclic) bond motifs is 1. The number of hydrogen-bond acceptors (Lipinski definition) is 6. The minimum atomic E-state index is -4.00. The van der Waals surface area contributed by atoms with Crippen LogP contribution in [0.1, 0.15) is 37.0 Å². The van der Waals surface area contributed by atoms with Crippen molar-refractivity contribution in [2.75, 3.05) is 38.0 Å². The molecule has 1 fully saturated rings. The summed E-state index contributed by atoms with van der Waals surface area (Å²) in [6, 6.07) is 8.67. The van der Waals surface area contributed by atoms with Gasteiger partial charge in [-0.05, 0) is 75.2 Å². The van der Waals surface area contributed by atoms with E-state index in [0.29, 0.717) is 18.8 Å². The lowest BCUT2D eigenvalue weighted by Crippen LogP contribution is -2.50. The zero-order valence-electron chi connectivity index (χ0n) is 20.9. The lowest BCUT2D eigenvalue weighted by Gasteiger charge is -2.38. The van der Waals surface area contributed by atoms with Gasteiger partial charge >= 0.3 is 0 Å². The van der Waals surface area contributed by atoms with Gasteiger partial charge in [-0.15, -0.1) is 0 Å². The molecule has 0 aromatic heterocycles. The molecule has 1 aliphatic carbocycles. The molecule has 196 valence electrons. The number of aliphatic hydroxyl groups is 1. The minimum absolute atomic E-state index is 0.00871. The molecule has 2 aromatic rings. The number of halogens is 1. The van der Waals surface area contributed by atoms with Crippen molar-refractivity contribution < 1.29 is 27.4 Å². The highest BCUT2D eigenvalue weighted by molar-refractivity contribution is 7.92. The molecule has 2 aliphatic rings. The van der Waals surface area contributed by atoms with Crippen molar-refractivity contribution >= 4 is 21.6 Å². The smallest absolute Gasteiger partial charge is 0.261 e. The SMILES string of the molecule is C[C@H](CO)N1C[C@H](C)[C@H](CN(C)CC2CC2)Oc2ccc(NS(=O)(=O)c3ccc(F)cc3)cc2C1=O. The molecule has 0 spiro atoms. The quantitative estimate of drug-likeness (QED) is 0.528. The number of rotatable bonds is 9. The second-order valence-corrected chi connectivity index (χ2v) is 11.7. The van der Waals surface area contributed by atoms with Gasteiger partial charge in [-0.3, -0.25) is 9.52 Å². The number of nitrogens with one attached hydrogen (secondary N) is 1. The monoisotopic (exact) mass is 519 g/mol. The normalized spacial score (nSPS) is 21.4. The maximum absolute atomic E-state index is 13.5. The van der Waals surface area contributed by atoms with Gasteiger partial charge in [0.2, 0.25) is 0 Å². The number of carbonyl (C=O) groups excluding carboxylic acids is 1. The molecule has 4 rings (SSSR count). The number of benzene rings is 2. The summed E-state index contributed by atoms with van der Waals surface area (Å²) in [5.41, 5.74) is 0.402. The van der Waals surface area contributed by atoms with Gasteiger partial charge in [-0.1, -0.05) is 6.92 Å². The summed E-state index contributed by atoms with van der Waals surface area (Å²) >= 11 is 0. The highest BCUT2D eigenvalue weighted by atomic mass is 32.2. The van der Waals surface area contributed by atoms with E-state index in [9.17, 15) is 22.7 Å². The second-order valence-electron chi connectivity index (χ2n) is 10.1. The third-order valence-electron chi connectivity index (χ3n) is 6.80. The lowest BCUT2D eigenvalue weighted by molar-refractivity contribution is 0.0344. The topological polar surface area (TPSA) is 99.2 Å². The number of anilines is 1. The number of carbonyl (C=O) groups is 1. The Labute approximate surface area is 212 Å². The van der Waals surface area contributed by atoms with Crippen molar-refractivity contribution in [3.8, 4) is 5.75 Å². The predicted molar refractivity (Wildman–Crippen MR) is 135 cm³/mol. The molecule has 0 bridgehead atoms. The number of aliphatic hydroxyl groups excluding tert-OH is 1. The van der Waals surface area contributed by atoms with Crippen LogP contribution in [-0.2, 0) is 10.0 Å². The lowest BCUT2D eigenvalue weighted by atomic mass is 9.99. The fraction of sp³-hybridized carbons (Fsp3) is 0.500. The fourth-order valence-corrected chi connectivity index (χ4v) is 5.50. The Morgan fingerprint density at radius 3 is 2.53 bits per heavy atom. The third kappa shape index (κ3) is 6.16. The Balaban J connectivity index is 1.64. The summed E-state index contributed by atoms with van der Waals surface area (Å²) in [6.07, 6.45) is 2.30. The number of nitrogens with zero attached hydrogens (tertiary/aromatic N) is 2. The van der Waals surface area contributed by atoms with Crippen LogP contribution in [0.3, 0.4) is 0 Å². The van der Waals surface area contributed by atoms with Gasteiger partial charge in [0.25, 0.3) is 15.9 Å². The van der Waals surface area contributed by atoms with Crippen LogP contribution in [-0.4, -0.2) is 74.7 Å². The Kier molecular flexibility index (Phi) is 7.87. The van der Waals surface area contributed by atoms with E-state index in [-0.39, 0.29) is 40.7 Å². The number of likely N-dealkylation sites (N-methyl/N-ethyl adjacent to an activating group) is 1. The molecule has 0 unspecified atom stereocenters. The first-order valence-corrected chi connectivity index (χ1v) is 13.7. The van der Waals surface area contributed by atoms with E-state index in [0.717, 1.165) is 24.6 Å². The Morgan fingerprint density at radius 2 is 1.89 bits per heavy atom. The zero-order valence-corrected chi connectivity index (χ0v) is 21.7. The van der Waals surface area contributed by atoms with Crippen molar-refractivity contribution in [2.24, 2.45) is 11.8 Å². The van der Waals surface area contributed by atoms with E-state index in [2.05, 4.69) is 16.7 Å². The second kappa shape index (κ2) is 10.7. The Bertz CT molecular complexity index is 1190. The number of hydrogen-bond donors (Lipinski definition) is 2. The average Bonchev–Trinajstić information content (AvgIpc) is 3.65. The van der Waals surface area contributed by atoms with Crippen LogP contribution in [0.4, 0.5) is 10.1 Å². The summed E-state index contributed by atoms with van der Waals surface area (Å²) in [5.74, 6) is 0.231. The Morgan fingerprint density at radius 1 is 1.19 bits per heavy atom. The van der Waals surface area contributed by atoms with E-state index in [1.165, 1.54) is 31.0 Å². The van der Waals surface area contributed by atoms with E-state index >= 15 is 0 Å². The highest BCUT2D eigenvalue weighted by Gasteiger charge is 2.34. The predicted octanol–water partition coefficient (Wildman–Crippen LogP) is 3.19. The van der Waals surface area contributed by atoms with E-state index in [1.807, 2.05) is 6.92 Å². The molecule has 10 heteroatoms. The van der Waals surface area contributed by atoms with Gasteiger partial charge in [-0.25, -0.2) is 12.8 Å². The van der Waals surface area contributed by atoms with Crippen molar-refractivity contribution in [2.45, 2.75) is 43.7 Å². The van der Waals surface area contributed by atoms with Gasteiger partial charge in [-0.2, -0.15) is 0 Å². The molecule has 1 aliphatic heterocycles. The number of amides is 1. The largest absolute Gasteiger partial charge is 0.488 e. The molecular weight excluding hydrogens is 485 g/mol. The van der Waals surface area contributed by atoms with Crippen LogP contribution in [0.25, 0.3) is 0 Å². The van der Waals surface area contributed by atoms with Crippen LogP contribution in [0, 0.1) is 17.7 Å². The highest BCUT2D eigenvalue weighted by Crippen LogP contribution is 2.33. The summed E-state index contributed by atoms with van der Waals surface area (Å²) < 4.78 is 47.7. The maximum Gasteiger partial charge on any atom is 0.261 e. The van der Waals surface area contributed by atoms with Crippen LogP contribution in [0.5, 0.6) is 5.75 Å². The van der Waals surface area contributed by atoms with Crippen LogP contribution in [0.15, 0.2) is 47.4 Å². The van der Waals surface area contributed by atoms with Gasteiger partial charge < -0.3 is 19.6 Å². The molecule has 1 heterocycles. The molecule has 2 N–H and O–H groups in total. The molecule has 1 saturated carbocycles. The van der Waals surface area contributed by atoms with Crippen molar-refractivity contribution in [1.82, 2.24) is 9.80 Å². The molecular formula is C26H34FN3O5S. The van der Waals surface area contributed by atoms with Crippen LogP contribution < -0.4 is 9.46 Å². The van der Waals surface area contributed by atoms with Gasteiger partial charge in [0.15, 0.2) is 0 Å². The minimum Gasteiger partial charge on any atom is -0.488 e. The van der Waals surface area contributed by atoms with Crippen molar-refractivity contribution in [1.29, 1.82) is 0 Å². The summed E-state index contributed by atoms with van der Waals surface area (Å²) in [7, 11) is -1.92. The molecule has 0 radical (unpaired) electrons. The van der Waals surface area contributed by atoms with Crippen LogP contribution in [0.2, 0.25) is 0 Å². The van der Waals surface area contributed by atoms with Gasteiger partial charge in [0.1, 0.15) is 17.7 Å². The summed E-state index contributed by atoms with van der Waals surface area (Å²) in [6.45, 7) is 5.70.